The Morgan fingerprint density at radius 3 is 2.06 bits per heavy atom. The SMILES string of the molecule is NC(N)=NCCCCNC(=O)/C(Cc1cc(Cl)c(OCCCCN=C(N)N)c(Cl)c1)=N/O. The Balaban J connectivity index is 2.55. The second kappa shape index (κ2) is 15.0. The van der Waals surface area contributed by atoms with Crippen LogP contribution in [0.25, 0.3) is 0 Å². The minimum Gasteiger partial charge on any atom is -0.490 e. The van der Waals surface area contributed by atoms with Crippen molar-refractivity contribution < 1.29 is 14.7 Å². The van der Waals surface area contributed by atoms with E-state index in [4.69, 9.17) is 50.9 Å². The van der Waals surface area contributed by atoms with Gasteiger partial charge in [-0.25, -0.2) is 0 Å². The number of hydrogen-bond donors (Lipinski definition) is 6. The molecule has 0 fully saturated rings. The van der Waals surface area contributed by atoms with E-state index in [1.165, 1.54) is 0 Å². The van der Waals surface area contributed by atoms with E-state index in [9.17, 15) is 10.0 Å². The molecule has 1 amide bonds. The van der Waals surface area contributed by atoms with Crippen LogP contribution < -0.4 is 33.0 Å². The fraction of sp³-hybridized carbons (Fsp3) is 0.474. The maximum Gasteiger partial charge on any atom is 0.269 e. The molecule has 11 nitrogen and oxygen atoms in total. The molecule has 178 valence electrons. The van der Waals surface area contributed by atoms with E-state index in [0.29, 0.717) is 56.8 Å². The summed E-state index contributed by atoms with van der Waals surface area (Å²) in [5, 5.41) is 15.6. The summed E-state index contributed by atoms with van der Waals surface area (Å²) >= 11 is 12.6. The second-order valence-corrected chi connectivity index (χ2v) is 7.56. The molecule has 0 saturated heterocycles. The highest BCUT2D eigenvalue weighted by molar-refractivity contribution is 6.40. The second-order valence-electron chi connectivity index (χ2n) is 6.74. The number of hydrogen-bond acceptors (Lipinski definition) is 6. The number of guanidine groups is 2. The minimum atomic E-state index is -0.498. The highest BCUT2D eigenvalue weighted by Gasteiger charge is 2.16. The van der Waals surface area contributed by atoms with E-state index in [1.807, 2.05) is 0 Å². The van der Waals surface area contributed by atoms with E-state index in [1.54, 1.807) is 12.1 Å². The lowest BCUT2D eigenvalue weighted by Crippen LogP contribution is -2.33. The van der Waals surface area contributed by atoms with Gasteiger partial charge in [0.1, 0.15) is 5.71 Å². The van der Waals surface area contributed by atoms with Gasteiger partial charge in [0.2, 0.25) is 0 Å². The van der Waals surface area contributed by atoms with Crippen LogP contribution in [-0.2, 0) is 11.2 Å². The average molecular weight is 489 g/mol. The first-order valence-electron chi connectivity index (χ1n) is 9.95. The van der Waals surface area contributed by atoms with Gasteiger partial charge in [0.15, 0.2) is 17.7 Å². The van der Waals surface area contributed by atoms with Crippen molar-refractivity contribution in [3.05, 3.63) is 27.7 Å². The smallest absolute Gasteiger partial charge is 0.269 e. The van der Waals surface area contributed by atoms with E-state index in [-0.39, 0.29) is 34.1 Å². The quantitative estimate of drug-likeness (QED) is 0.0735. The molecule has 0 unspecified atom stereocenters. The summed E-state index contributed by atoms with van der Waals surface area (Å²) in [6.07, 6.45) is 2.85. The van der Waals surface area contributed by atoms with E-state index in [0.717, 1.165) is 6.42 Å². The maximum absolute atomic E-state index is 12.2. The van der Waals surface area contributed by atoms with Gasteiger partial charge in [-0.1, -0.05) is 28.4 Å². The van der Waals surface area contributed by atoms with Gasteiger partial charge in [-0.15, -0.1) is 0 Å². The van der Waals surface area contributed by atoms with Crippen molar-refractivity contribution in [1.29, 1.82) is 0 Å². The van der Waals surface area contributed by atoms with Crippen LogP contribution in [0.2, 0.25) is 10.0 Å². The molecule has 32 heavy (non-hydrogen) atoms. The molecule has 0 aliphatic carbocycles. The van der Waals surface area contributed by atoms with Crippen LogP contribution in [0, 0.1) is 0 Å². The zero-order valence-corrected chi connectivity index (χ0v) is 19.2. The largest absolute Gasteiger partial charge is 0.490 e. The predicted molar refractivity (Wildman–Crippen MR) is 128 cm³/mol. The zero-order valence-electron chi connectivity index (χ0n) is 17.7. The van der Waals surface area contributed by atoms with Crippen molar-refractivity contribution in [2.45, 2.75) is 32.1 Å². The third-order valence-corrected chi connectivity index (χ3v) is 4.63. The summed E-state index contributed by atoms with van der Waals surface area (Å²) < 4.78 is 5.65. The van der Waals surface area contributed by atoms with Gasteiger partial charge in [0, 0.05) is 26.1 Å². The first-order valence-corrected chi connectivity index (χ1v) is 10.7. The van der Waals surface area contributed by atoms with Crippen LogP contribution in [0.4, 0.5) is 0 Å². The molecule has 10 N–H and O–H groups in total. The minimum absolute atomic E-state index is 0.0281. The Morgan fingerprint density at radius 2 is 1.53 bits per heavy atom. The highest BCUT2D eigenvalue weighted by atomic mass is 35.5. The predicted octanol–water partition coefficient (Wildman–Crippen LogP) is 0.968. The lowest BCUT2D eigenvalue weighted by molar-refractivity contribution is -0.115. The van der Waals surface area contributed by atoms with Gasteiger partial charge in [-0.05, 0) is 43.4 Å². The van der Waals surface area contributed by atoms with Gasteiger partial charge in [0.25, 0.3) is 5.91 Å². The lowest BCUT2D eigenvalue weighted by atomic mass is 10.1. The molecular weight excluding hydrogens is 459 g/mol. The Morgan fingerprint density at radius 1 is 0.969 bits per heavy atom. The first-order chi connectivity index (χ1) is 15.2. The fourth-order valence-corrected chi connectivity index (χ4v) is 3.19. The van der Waals surface area contributed by atoms with Crippen LogP contribution in [0.5, 0.6) is 5.75 Å². The van der Waals surface area contributed by atoms with E-state index in [2.05, 4.69) is 20.5 Å². The van der Waals surface area contributed by atoms with Gasteiger partial charge in [-0.2, -0.15) is 0 Å². The van der Waals surface area contributed by atoms with Crippen molar-refractivity contribution >= 4 is 46.7 Å². The molecule has 0 aromatic heterocycles. The number of nitrogens with zero attached hydrogens (tertiary/aromatic N) is 3. The summed E-state index contributed by atoms with van der Waals surface area (Å²) in [7, 11) is 0. The Hall–Kier alpha value is -2.92. The summed E-state index contributed by atoms with van der Waals surface area (Å²) in [5.41, 5.74) is 21.5. The molecule has 1 aromatic carbocycles. The molecule has 0 radical (unpaired) electrons. The Bertz CT molecular complexity index is 815. The Kier molecular flexibility index (Phi) is 12.7. The first kappa shape index (κ1) is 27.1. The van der Waals surface area contributed by atoms with Crippen molar-refractivity contribution in [3.63, 3.8) is 0 Å². The number of carbonyl (C=O) groups is 1. The zero-order chi connectivity index (χ0) is 23.9. The molecule has 0 aliphatic rings. The third kappa shape index (κ3) is 10.9. The molecular formula is C19H30Cl2N8O3. The molecule has 0 spiro atoms. The highest BCUT2D eigenvalue weighted by Crippen LogP contribution is 2.34. The standard InChI is InChI=1S/C19H30Cl2N8O3/c20-13-9-12(10-14(21)16(13)32-8-4-3-7-28-19(24)25)11-15(29-31)17(30)26-5-1-2-6-27-18(22)23/h9-10,31H,1-8,11H2,(H,26,30)(H4,22,23,27)(H4,24,25,28)/b29-15+. The summed E-state index contributed by atoms with van der Waals surface area (Å²) in [4.78, 5) is 20.0. The molecule has 0 atom stereocenters. The molecule has 0 aliphatic heterocycles. The fourth-order valence-electron chi connectivity index (χ4n) is 2.55. The number of ether oxygens (including phenoxy) is 1. The number of carbonyl (C=O) groups excluding carboxylic acids is 1. The molecule has 1 aromatic rings. The van der Waals surface area contributed by atoms with Gasteiger partial charge >= 0.3 is 0 Å². The number of amides is 1. The van der Waals surface area contributed by atoms with Crippen LogP contribution in [-0.4, -0.2) is 55.0 Å². The lowest BCUT2D eigenvalue weighted by Gasteiger charge is -2.12. The number of rotatable bonds is 14. The van der Waals surface area contributed by atoms with Crippen molar-refractivity contribution in [2.24, 2.45) is 38.1 Å². The number of nitrogens with two attached hydrogens (primary N) is 4. The number of oxime groups is 1. The van der Waals surface area contributed by atoms with Gasteiger partial charge in [0.05, 0.1) is 16.7 Å². The molecule has 0 heterocycles. The number of aliphatic imine (C=N–C) groups is 2. The van der Waals surface area contributed by atoms with Crippen LogP contribution >= 0.6 is 23.2 Å². The van der Waals surface area contributed by atoms with E-state index >= 15 is 0 Å². The molecule has 0 saturated carbocycles. The monoisotopic (exact) mass is 488 g/mol. The topological polar surface area (TPSA) is 200 Å². The van der Waals surface area contributed by atoms with Crippen LogP contribution in [0.1, 0.15) is 31.2 Å². The van der Waals surface area contributed by atoms with E-state index < -0.39 is 5.91 Å². The summed E-state index contributed by atoms with van der Waals surface area (Å²) in [5.74, 6) is -0.0791. The maximum atomic E-state index is 12.2. The third-order valence-electron chi connectivity index (χ3n) is 4.07. The number of benzene rings is 1. The number of nitrogens with one attached hydrogen (secondary N) is 1. The van der Waals surface area contributed by atoms with Crippen LogP contribution in [0.15, 0.2) is 27.3 Å². The van der Waals surface area contributed by atoms with Crippen molar-refractivity contribution in [1.82, 2.24) is 5.32 Å². The number of halogens is 2. The van der Waals surface area contributed by atoms with Gasteiger partial charge in [-0.3, -0.25) is 14.8 Å². The normalized spacial score (nSPS) is 11.0. The molecule has 0 bridgehead atoms. The van der Waals surface area contributed by atoms with Crippen LogP contribution in [0.3, 0.4) is 0 Å². The summed E-state index contributed by atoms with van der Waals surface area (Å²) in [6, 6.07) is 3.21. The number of unbranched alkanes of at least 4 members (excludes halogenated alkanes) is 2. The Labute approximate surface area is 196 Å². The molecule has 1 rings (SSSR count). The van der Waals surface area contributed by atoms with Crippen molar-refractivity contribution in [2.75, 3.05) is 26.2 Å². The van der Waals surface area contributed by atoms with Gasteiger partial charge < -0.3 is 38.2 Å². The summed E-state index contributed by atoms with van der Waals surface area (Å²) in [6.45, 7) is 1.75. The molecule has 13 heteroatoms. The van der Waals surface area contributed by atoms with Crippen molar-refractivity contribution in [3.8, 4) is 5.75 Å². The average Bonchev–Trinajstić information content (AvgIpc) is 2.72.